The highest BCUT2D eigenvalue weighted by Crippen LogP contribution is 2.25. The molecule has 2 N–H and O–H groups in total. The SMILES string of the molecule is O=C(O)C1CC=CCC1C(=O)NCCc1ccncc1. The molecule has 0 aliphatic heterocycles. The molecule has 0 saturated carbocycles. The van der Waals surface area contributed by atoms with Crippen LogP contribution in [0.15, 0.2) is 36.7 Å². The predicted molar refractivity (Wildman–Crippen MR) is 73.9 cm³/mol. The average molecular weight is 274 g/mol. The van der Waals surface area contributed by atoms with Crippen LogP contribution in [0, 0.1) is 11.8 Å². The summed E-state index contributed by atoms with van der Waals surface area (Å²) in [6, 6.07) is 3.80. The first-order valence-electron chi connectivity index (χ1n) is 6.73. The van der Waals surface area contributed by atoms with Crippen molar-refractivity contribution in [2.75, 3.05) is 6.54 Å². The van der Waals surface area contributed by atoms with Crippen molar-refractivity contribution in [1.29, 1.82) is 0 Å². The second kappa shape index (κ2) is 6.84. The molecule has 2 atom stereocenters. The van der Waals surface area contributed by atoms with Crippen LogP contribution in [0.5, 0.6) is 0 Å². The van der Waals surface area contributed by atoms with E-state index in [0.29, 0.717) is 25.8 Å². The minimum atomic E-state index is -0.899. The quantitative estimate of drug-likeness (QED) is 0.796. The molecule has 0 bridgehead atoms. The maximum absolute atomic E-state index is 12.1. The number of allylic oxidation sites excluding steroid dienone is 2. The Morgan fingerprint density at radius 2 is 1.85 bits per heavy atom. The van der Waals surface area contributed by atoms with E-state index in [2.05, 4.69) is 10.3 Å². The van der Waals surface area contributed by atoms with E-state index in [1.54, 1.807) is 12.4 Å². The zero-order chi connectivity index (χ0) is 14.4. The zero-order valence-electron chi connectivity index (χ0n) is 11.2. The van der Waals surface area contributed by atoms with Gasteiger partial charge in [0.15, 0.2) is 0 Å². The van der Waals surface area contributed by atoms with Gasteiger partial charge >= 0.3 is 5.97 Å². The van der Waals surface area contributed by atoms with Crippen LogP contribution in [-0.2, 0) is 16.0 Å². The fourth-order valence-corrected chi connectivity index (χ4v) is 2.39. The van der Waals surface area contributed by atoms with Crippen LogP contribution in [0.2, 0.25) is 0 Å². The van der Waals surface area contributed by atoms with Crippen molar-refractivity contribution in [2.24, 2.45) is 11.8 Å². The molecule has 1 aromatic heterocycles. The van der Waals surface area contributed by atoms with Gasteiger partial charge in [-0.2, -0.15) is 0 Å². The Morgan fingerprint density at radius 1 is 1.20 bits per heavy atom. The first-order valence-corrected chi connectivity index (χ1v) is 6.73. The Bertz CT molecular complexity index is 499. The number of carbonyl (C=O) groups excluding carboxylic acids is 1. The number of pyridine rings is 1. The number of nitrogens with zero attached hydrogens (tertiary/aromatic N) is 1. The van der Waals surface area contributed by atoms with Gasteiger partial charge in [0.25, 0.3) is 0 Å². The van der Waals surface area contributed by atoms with E-state index >= 15 is 0 Å². The minimum absolute atomic E-state index is 0.171. The molecule has 20 heavy (non-hydrogen) atoms. The van der Waals surface area contributed by atoms with Crippen molar-refractivity contribution in [2.45, 2.75) is 19.3 Å². The Labute approximate surface area is 117 Å². The second-order valence-electron chi connectivity index (χ2n) is 4.89. The average Bonchev–Trinajstić information content (AvgIpc) is 2.48. The molecule has 2 unspecified atom stereocenters. The molecule has 0 aromatic carbocycles. The number of carbonyl (C=O) groups is 2. The normalized spacial score (nSPS) is 21.4. The van der Waals surface area contributed by atoms with Gasteiger partial charge in [-0.1, -0.05) is 12.2 Å². The summed E-state index contributed by atoms with van der Waals surface area (Å²) >= 11 is 0. The Kier molecular flexibility index (Phi) is 4.87. The fourth-order valence-electron chi connectivity index (χ4n) is 2.39. The summed E-state index contributed by atoms with van der Waals surface area (Å²) in [4.78, 5) is 27.2. The zero-order valence-corrected chi connectivity index (χ0v) is 11.2. The number of hydrogen-bond donors (Lipinski definition) is 2. The van der Waals surface area contributed by atoms with Crippen molar-refractivity contribution >= 4 is 11.9 Å². The van der Waals surface area contributed by atoms with Crippen molar-refractivity contribution in [3.63, 3.8) is 0 Å². The van der Waals surface area contributed by atoms with Gasteiger partial charge in [0, 0.05) is 18.9 Å². The largest absolute Gasteiger partial charge is 0.481 e. The van der Waals surface area contributed by atoms with Crippen LogP contribution in [0.3, 0.4) is 0 Å². The lowest BCUT2D eigenvalue weighted by molar-refractivity contribution is -0.147. The number of aliphatic carboxylic acids is 1. The Morgan fingerprint density at radius 3 is 2.50 bits per heavy atom. The van der Waals surface area contributed by atoms with Crippen LogP contribution in [0.25, 0.3) is 0 Å². The van der Waals surface area contributed by atoms with Crippen LogP contribution >= 0.6 is 0 Å². The summed E-state index contributed by atoms with van der Waals surface area (Å²) in [5.74, 6) is -2.14. The fraction of sp³-hybridized carbons (Fsp3) is 0.400. The monoisotopic (exact) mass is 274 g/mol. The highest BCUT2D eigenvalue weighted by Gasteiger charge is 2.33. The van der Waals surface area contributed by atoms with E-state index in [0.717, 1.165) is 5.56 Å². The third-order valence-electron chi connectivity index (χ3n) is 3.55. The summed E-state index contributed by atoms with van der Waals surface area (Å²) in [5.41, 5.74) is 1.10. The van der Waals surface area contributed by atoms with Gasteiger partial charge in [0.05, 0.1) is 11.8 Å². The van der Waals surface area contributed by atoms with Crippen LogP contribution in [0.1, 0.15) is 18.4 Å². The lowest BCUT2D eigenvalue weighted by Crippen LogP contribution is -2.39. The van der Waals surface area contributed by atoms with Gasteiger partial charge in [-0.15, -0.1) is 0 Å². The third kappa shape index (κ3) is 3.66. The van der Waals surface area contributed by atoms with Crippen LogP contribution < -0.4 is 5.32 Å². The van der Waals surface area contributed by atoms with Gasteiger partial charge in [-0.3, -0.25) is 14.6 Å². The van der Waals surface area contributed by atoms with E-state index in [-0.39, 0.29) is 5.91 Å². The van der Waals surface area contributed by atoms with Gasteiger partial charge in [0.1, 0.15) is 0 Å². The molecule has 1 heterocycles. The summed E-state index contributed by atoms with van der Waals surface area (Å²) in [6.45, 7) is 0.509. The van der Waals surface area contributed by atoms with E-state index in [9.17, 15) is 9.59 Å². The molecular formula is C15H18N2O3. The first-order chi connectivity index (χ1) is 9.68. The molecule has 5 nitrogen and oxygen atoms in total. The van der Waals surface area contributed by atoms with Crippen LogP contribution in [-0.4, -0.2) is 28.5 Å². The number of nitrogens with one attached hydrogen (secondary N) is 1. The van der Waals surface area contributed by atoms with Crippen molar-refractivity contribution in [1.82, 2.24) is 10.3 Å². The topological polar surface area (TPSA) is 79.3 Å². The molecule has 1 amide bonds. The smallest absolute Gasteiger partial charge is 0.307 e. The van der Waals surface area contributed by atoms with Crippen molar-refractivity contribution < 1.29 is 14.7 Å². The maximum atomic E-state index is 12.1. The molecule has 1 aliphatic carbocycles. The van der Waals surface area contributed by atoms with E-state index in [1.165, 1.54) is 0 Å². The van der Waals surface area contributed by atoms with Crippen LogP contribution in [0.4, 0.5) is 0 Å². The number of aromatic nitrogens is 1. The molecule has 0 saturated heterocycles. The van der Waals surface area contributed by atoms with Gasteiger partial charge in [0.2, 0.25) is 5.91 Å². The minimum Gasteiger partial charge on any atom is -0.481 e. The maximum Gasteiger partial charge on any atom is 0.307 e. The van der Waals surface area contributed by atoms with Gasteiger partial charge < -0.3 is 10.4 Å². The third-order valence-corrected chi connectivity index (χ3v) is 3.55. The van der Waals surface area contributed by atoms with Crippen molar-refractivity contribution in [3.05, 3.63) is 42.2 Å². The molecule has 2 rings (SSSR count). The molecule has 0 fully saturated rings. The lowest BCUT2D eigenvalue weighted by atomic mass is 9.82. The highest BCUT2D eigenvalue weighted by molar-refractivity contribution is 5.85. The highest BCUT2D eigenvalue weighted by atomic mass is 16.4. The standard InChI is InChI=1S/C15H18N2O3/c18-14(12-3-1-2-4-13(12)15(19)20)17-10-7-11-5-8-16-9-6-11/h1-2,5-6,8-9,12-13H,3-4,7,10H2,(H,17,18)(H,19,20). The Hall–Kier alpha value is -2.17. The first kappa shape index (κ1) is 14.2. The van der Waals surface area contributed by atoms with Gasteiger partial charge in [-0.05, 0) is 37.0 Å². The second-order valence-corrected chi connectivity index (χ2v) is 4.89. The molecule has 0 radical (unpaired) electrons. The molecule has 5 heteroatoms. The predicted octanol–water partition coefficient (Wildman–Crippen LogP) is 1.41. The summed E-state index contributed by atoms with van der Waals surface area (Å²) in [6.07, 6.45) is 8.78. The van der Waals surface area contributed by atoms with Gasteiger partial charge in [-0.25, -0.2) is 0 Å². The lowest BCUT2D eigenvalue weighted by Gasteiger charge is -2.24. The number of carboxylic acids is 1. The molecule has 1 aromatic rings. The Balaban J connectivity index is 1.85. The number of hydrogen-bond acceptors (Lipinski definition) is 3. The number of amides is 1. The van der Waals surface area contributed by atoms with E-state index < -0.39 is 17.8 Å². The summed E-state index contributed by atoms with van der Waals surface area (Å²) in [7, 11) is 0. The summed E-state index contributed by atoms with van der Waals surface area (Å²) in [5, 5.41) is 12.0. The summed E-state index contributed by atoms with van der Waals surface area (Å²) < 4.78 is 0. The molecule has 0 spiro atoms. The van der Waals surface area contributed by atoms with E-state index in [4.69, 9.17) is 5.11 Å². The van der Waals surface area contributed by atoms with Crippen molar-refractivity contribution in [3.8, 4) is 0 Å². The molecule has 1 aliphatic rings. The molecule has 106 valence electrons. The molecular weight excluding hydrogens is 256 g/mol. The number of rotatable bonds is 5. The number of carboxylic acid groups (broad SMARTS) is 1. The van der Waals surface area contributed by atoms with E-state index in [1.807, 2.05) is 24.3 Å².